The van der Waals surface area contributed by atoms with E-state index in [0.717, 1.165) is 24.8 Å². The lowest BCUT2D eigenvalue weighted by Gasteiger charge is -2.20. The molecule has 0 saturated carbocycles. The number of carbonyl (C=O) groups is 1. The van der Waals surface area contributed by atoms with Gasteiger partial charge in [-0.15, -0.1) is 0 Å². The average Bonchev–Trinajstić information content (AvgIpc) is 2.83. The molecule has 0 aliphatic heterocycles. The molecular weight excluding hydrogens is 458 g/mol. The largest absolute Gasteiger partial charge is 0.507 e. The smallest absolute Gasteiger partial charge is 0.247 e. The second-order valence-corrected chi connectivity index (χ2v) is 11.9. The van der Waals surface area contributed by atoms with Crippen molar-refractivity contribution in [2.45, 2.75) is 97.2 Å². The van der Waals surface area contributed by atoms with Crippen molar-refractivity contribution >= 4 is 21.4 Å². The first-order valence-corrected chi connectivity index (χ1v) is 14.8. The number of rotatable bonds is 15. The van der Waals surface area contributed by atoms with Crippen LogP contribution in [0.1, 0.15) is 98.6 Å². The number of phenolic OH excluding ortho intramolecular Hbond substituents is 1. The number of aryl methyl sites for hydroxylation is 1. The molecule has 6 heteroatoms. The topological polar surface area (TPSA) is 83.5 Å². The molecule has 5 nitrogen and oxygen atoms in total. The number of anilines is 1. The summed E-state index contributed by atoms with van der Waals surface area (Å²) in [5.41, 5.74) is 3.03. The normalized spacial score (nSPS) is 12.5. The number of phenols is 1. The number of amides is 1. The number of benzene rings is 2. The molecule has 0 radical (unpaired) electrons. The van der Waals surface area contributed by atoms with Gasteiger partial charge in [-0.05, 0) is 55.5 Å². The van der Waals surface area contributed by atoms with Crippen molar-refractivity contribution in [3.8, 4) is 5.75 Å². The second kappa shape index (κ2) is 14.3. The average molecular weight is 502 g/mol. The Kier molecular flexibility index (Phi) is 11.8. The maximum absolute atomic E-state index is 13.4. The van der Waals surface area contributed by atoms with Crippen molar-refractivity contribution in [1.29, 1.82) is 0 Å². The summed E-state index contributed by atoms with van der Waals surface area (Å²) < 4.78 is 26.7. The molecule has 2 N–H and O–H groups in total. The number of unbranched alkanes of at least 4 members (excludes halogenated alkanes) is 9. The van der Waals surface area contributed by atoms with Gasteiger partial charge in [-0.1, -0.05) is 95.0 Å². The van der Waals surface area contributed by atoms with Crippen molar-refractivity contribution in [2.24, 2.45) is 0 Å². The Labute approximate surface area is 212 Å². The van der Waals surface area contributed by atoms with E-state index in [4.69, 9.17) is 0 Å². The highest BCUT2D eigenvalue weighted by molar-refractivity contribution is 7.92. The molecule has 1 atom stereocenters. The van der Waals surface area contributed by atoms with Crippen LogP contribution in [-0.2, 0) is 14.6 Å². The van der Waals surface area contributed by atoms with Crippen LogP contribution in [0.25, 0.3) is 0 Å². The predicted molar refractivity (Wildman–Crippen MR) is 146 cm³/mol. The summed E-state index contributed by atoms with van der Waals surface area (Å²) in [7, 11) is -3.71. The number of sulfone groups is 1. The molecule has 1 unspecified atom stereocenters. The Morgan fingerprint density at radius 2 is 1.40 bits per heavy atom. The molecule has 0 heterocycles. The molecule has 0 fully saturated rings. The van der Waals surface area contributed by atoms with Gasteiger partial charge in [0.1, 0.15) is 5.75 Å². The summed E-state index contributed by atoms with van der Waals surface area (Å²) >= 11 is 0. The molecule has 0 spiro atoms. The highest BCUT2D eigenvalue weighted by Crippen LogP contribution is 2.32. The van der Waals surface area contributed by atoms with E-state index in [9.17, 15) is 18.3 Å². The van der Waals surface area contributed by atoms with E-state index in [1.807, 2.05) is 6.07 Å². The van der Waals surface area contributed by atoms with Gasteiger partial charge in [-0.2, -0.15) is 0 Å². The van der Waals surface area contributed by atoms with Gasteiger partial charge in [0.25, 0.3) is 0 Å². The van der Waals surface area contributed by atoms with E-state index in [-0.39, 0.29) is 11.5 Å². The third kappa shape index (κ3) is 8.68. The zero-order valence-electron chi connectivity index (χ0n) is 21.9. The summed E-state index contributed by atoms with van der Waals surface area (Å²) in [6.07, 6.45) is 11.2. The van der Waals surface area contributed by atoms with Crippen LogP contribution in [0.3, 0.4) is 0 Å². The van der Waals surface area contributed by atoms with Crippen LogP contribution in [0, 0.1) is 20.8 Å². The summed E-state index contributed by atoms with van der Waals surface area (Å²) in [5.74, 6) is -0.382. The van der Waals surface area contributed by atoms with Gasteiger partial charge in [0.2, 0.25) is 5.91 Å². The third-order valence-electron chi connectivity index (χ3n) is 6.80. The van der Waals surface area contributed by atoms with Crippen LogP contribution in [0.4, 0.5) is 5.69 Å². The van der Waals surface area contributed by atoms with Crippen LogP contribution in [0.5, 0.6) is 5.75 Å². The first-order chi connectivity index (χ1) is 16.7. The zero-order valence-corrected chi connectivity index (χ0v) is 22.7. The van der Waals surface area contributed by atoms with Gasteiger partial charge in [0.05, 0.1) is 5.75 Å². The Balaban J connectivity index is 2.03. The summed E-state index contributed by atoms with van der Waals surface area (Å²) in [4.78, 5) is 13.3. The molecule has 0 aliphatic rings. The first kappa shape index (κ1) is 28.9. The number of aromatic hydroxyl groups is 1. The Morgan fingerprint density at radius 1 is 0.857 bits per heavy atom. The first-order valence-electron chi connectivity index (χ1n) is 13.1. The number of carbonyl (C=O) groups excluding carboxylic acids is 1. The van der Waals surface area contributed by atoms with E-state index < -0.39 is 21.0 Å². The van der Waals surface area contributed by atoms with Crippen LogP contribution in [0.2, 0.25) is 0 Å². The van der Waals surface area contributed by atoms with Gasteiger partial charge in [-0.3, -0.25) is 4.79 Å². The number of hydrogen-bond donors (Lipinski definition) is 2. The molecule has 0 saturated heterocycles. The molecular formula is C29H43NO4S. The summed E-state index contributed by atoms with van der Waals surface area (Å²) in [6.45, 7) is 7.56. The molecule has 0 bridgehead atoms. The lowest BCUT2D eigenvalue weighted by molar-refractivity contribution is -0.115. The fourth-order valence-electron chi connectivity index (χ4n) is 4.45. The second-order valence-electron chi connectivity index (χ2n) is 9.67. The highest BCUT2D eigenvalue weighted by atomic mass is 32.2. The molecule has 1 amide bonds. The van der Waals surface area contributed by atoms with Gasteiger partial charge in [0, 0.05) is 5.69 Å². The maximum Gasteiger partial charge on any atom is 0.247 e. The number of nitrogens with one attached hydrogen (secondary N) is 1. The van der Waals surface area contributed by atoms with Crippen molar-refractivity contribution in [3.05, 3.63) is 58.7 Å². The van der Waals surface area contributed by atoms with Crippen LogP contribution >= 0.6 is 0 Å². The quantitative estimate of drug-likeness (QED) is 0.198. The Hall–Kier alpha value is -2.34. The summed E-state index contributed by atoms with van der Waals surface area (Å²) in [6, 6.07) is 10.4. The molecule has 2 rings (SSSR count). The zero-order chi connectivity index (χ0) is 25.8. The molecule has 2 aromatic carbocycles. The molecule has 2 aromatic rings. The van der Waals surface area contributed by atoms with E-state index in [2.05, 4.69) is 12.2 Å². The minimum Gasteiger partial charge on any atom is -0.507 e. The van der Waals surface area contributed by atoms with E-state index in [0.29, 0.717) is 28.8 Å². The lowest BCUT2D eigenvalue weighted by atomic mass is 10.0. The molecule has 0 aromatic heterocycles. The monoisotopic (exact) mass is 501 g/mol. The van der Waals surface area contributed by atoms with E-state index >= 15 is 0 Å². The van der Waals surface area contributed by atoms with E-state index in [1.54, 1.807) is 51.1 Å². The van der Waals surface area contributed by atoms with Gasteiger partial charge in [0.15, 0.2) is 15.1 Å². The van der Waals surface area contributed by atoms with Crippen molar-refractivity contribution in [1.82, 2.24) is 0 Å². The van der Waals surface area contributed by atoms with Crippen molar-refractivity contribution < 1.29 is 18.3 Å². The highest BCUT2D eigenvalue weighted by Gasteiger charge is 2.34. The fraction of sp³-hybridized carbons (Fsp3) is 0.552. The van der Waals surface area contributed by atoms with Gasteiger partial charge in [-0.25, -0.2) is 8.42 Å². The minimum absolute atomic E-state index is 0.0108. The minimum atomic E-state index is -3.71. The Morgan fingerprint density at radius 3 is 1.97 bits per heavy atom. The summed E-state index contributed by atoms with van der Waals surface area (Å²) in [5, 5.41) is 11.7. The lowest BCUT2D eigenvalue weighted by Crippen LogP contribution is -2.30. The Bertz CT molecular complexity index is 1050. The van der Waals surface area contributed by atoms with Gasteiger partial charge >= 0.3 is 0 Å². The van der Waals surface area contributed by atoms with E-state index in [1.165, 1.54) is 38.5 Å². The SMILES string of the molecule is CCCCCCCCCCCCS(=O)(=O)C(C(=O)Nc1cc(C)c(O)c(C)c1C)c1ccccc1. The van der Waals surface area contributed by atoms with Crippen LogP contribution in [-0.4, -0.2) is 25.2 Å². The fourth-order valence-corrected chi connectivity index (χ4v) is 6.25. The van der Waals surface area contributed by atoms with Crippen molar-refractivity contribution in [2.75, 3.05) is 11.1 Å². The number of hydrogen-bond acceptors (Lipinski definition) is 4. The van der Waals surface area contributed by atoms with Crippen LogP contribution in [0.15, 0.2) is 36.4 Å². The standard InChI is InChI=1S/C29H43NO4S/c1-5-6-7-8-9-10-11-12-13-17-20-35(33,34)28(25-18-15-14-16-19-25)29(32)30-26-21-22(2)27(31)24(4)23(26)3/h14-16,18-19,21,28,31H,5-13,17,20H2,1-4H3,(H,30,32). The maximum atomic E-state index is 13.4. The van der Waals surface area contributed by atoms with Crippen LogP contribution < -0.4 is 5.32 Å². The molecule has 194 valence electrons. The van der Waals surface area contributed by atoms with Gasteiger partial charge < -0.3 is 10.4 Å². The van der Waals surface area contributed by atoms with Crippen molar-refractivity contribution in [3.63, 3.8) is 0 Å². The molecule has 0 aliphatic carbocycles. The predicted octanol–water partition coefficient (Wildman–Crippen LogP) is 7.33. The third-order valence-corrected chi connectivity index (χ3v) is 8.86. The molecule has 35 heavy (non-hydrogen) atoms.